The smallest absolute Gasteiger partial charge is 0.321 e. The Labute approximate surface area is 164 Å². The Morgan fingerprint density at radius 2 is 2.07 bits per heavy atom. The first-order valence-corrected chi connectivity index (χ1v) is 9.63. The van der Waals surface area contributed by atoms with Gasteiger partial charge >= 0.3 is 6.03 Å². The van der Waals surface area contributed by atoms with Gasteiger partial charge in [0.05, 0.1) is 11.0 Å². The van der Waals surface area contributed by atoms with Crippen molar-refractivity contribution in [1.29, 1.82) is 0 Å². The van der Waals surface area contributed by atoms with Crippen LogP contribution in [-0.2, 0) is 0 Å². The summed E-state index contributed by atoms with van der Waals surface area (Å²) in [5.41, 5.74) is 4.42. The Morgan fingerprint density at radius 1 is 1.21 bits per heavy atom. The summed E-state index contributed by atoms with van der Waals surface area (Å²) >= 11 is 0. The summed E-state index contributed by atoms with van der Waals surface area (Å²) in [6.07, 6.45) is 1.93. The van der Waals surface area contributed by atoms with Crippen molar-refractivity contribution in [2.75, 3.05) is 18.4 Å². The Hall–Kier alpha value is -3.15. The average molecular weight is 376 g/mol. The standard InChI is InChI=1S/C22H24N4O2/c1-14-8-9-19-20(11-14)25-21(24-19)17-6-4-10-26(13-17)22(28)23-18-7-3-5-16(12-18)15(2)27/h3,5,7-9,11-12,17H,4,6,10,13H2,1-2H3,(H,23,28)(H,24,25). The van der Waals surface area contributed by atoms with E-state index in [4.69, 9.17) is 4.98 Å². The molecule has 0 bridgehead atoms. The van der Waals surface area contributed by atoms with Gasteiger partial charge in [-0.15, -0.1) is 0 Å². The molecule has 2 heterocycles. The van der Waals surface area contributed by atoms with Crippen LogP contribution in [0.3, 0.4) is 0 Å². The molecule has 0 radical (unpaired) electrons. The van der Waals surface area contributed by atoms with Crippen molar-refractivity contribution in [3.05, 3.63) is 59.4 Å². The zero-order valence-corrected chi connectivity index (χ0v) is 16.2. The highest BCUT2D eigenvalue weighted by Gasteiger charge is 2.27. The molecular formula is C22H24N4O2. The van der Waals surface area contributed by atoms with Crippen LogP contribution in [0.15, 0.2) is 42.5 Å². The van der Waals surface area contributed by atoms with Crippen LogP contribution in [0.4, 0.5) is 10.5 Å². The Morgan fingerprint density at radius 3 is 2.89 bits per heavy atom. The van der Waals surface area contributed by atoms with Gasteiger partial charge in [0.15, 0.2) is 5.78 Å². The van der Waals surface area contributed by atoms with E-state index >= 15 is 0 Å². The molecule has 1 fully saturated rings. The fraction of sp³-hybridized carbons (Fsp3) is 0.318. The molecule has 144 valence electrons. The van der Waals surface area contributed by atoms with E-state index in [1.54, 1.807) is 24.3 Å². The van der Waals surface area contributed by atoms with Crippen molar-refractivity contribution in [1.82, 2.24) is 14.9 Å². The van der Waals surface area contributed by atoms with Crippen LogP contribution in [0, 0.1) is 6.92 Å². The van der Waals surface area contributed by atoms with Crippen molar-refractivity contribution >= 4 is 28.5 Å². The summed E-state index contributed by atoms with van der Waals surface area (Å²) in [6.45, 7) is 4.92. The maximum absolute atomic E-state index is 12.7. The summed E-state index contributed by atoms with van der Waals surface area (Å²) in [5, 5.41) is 2.92. The molecule has 0 spiro atoms. The molecule has 1 atom stereocenters. The molecule has 1 aromatic heterocycles. The number of ketones is 1. The van der Waals surface area contributed by atoms with E-state index in [1.165, 1.54) is 12.5 Å². The van der Waals surface area contributed by atoms with Gasteiger partial charge in [0.25, 0.3) is 0 Å². The number of aromatic amines is 1. The lowest BCUT2D eigenvalue weighted by molar-refractivity contribution is 0.101. The number of hydrogen-bond donors (Lipinski definition) is 2. The minimum absolute atomic E-state index is 0.0192. The number of imidazole rings is 1. The van der Waals surface area contributed by atoms with Gasteiger partial charge < -0.3 is 15.2 Å². The molecule has 0 aliphatic carbocycles. The molecule has 0 saturated carbocycles. The second kappa shape index (κ2) is 7.46. The number of hydrogen-bond acceptors (Lipinski definition) is 3. The number of carbonyl (C=O) groups excluding carboxylic acids is 2. The first kappa shape index (κ1) is 18.2. The number of urea groups is 1. The second-order valence-electron chi connectivity index (χ2n) is 7.49. The fourth-order valence-corrected chi connectivity index (χ4v) is 3.74. The Kier molecular flexibility index (Phi) is 4.86. The van der Waals surface area contributed by atoms with Gasteiger partial charge in [0.1, 0.15) is 5.82 Å². The highest BCUT2D eigenvalue weighted by Crippen LogP contribution is 2.27. The van der Waals surface area contributed by atoms with Crippen molar-refractivity contribution < 1.29 is 9.59 Å². The number of benzene rings is 2. The zero-order valence-electron chi connectivity index (χ0n) is 16.2. The molecule has 2 aromatic carbocycles. The fourth-order valence-electron chi connectivity index (χ4n) is 3.74. The van der Waals surface area contributed by atoms with Crippen LogP contribution in [0.2, 0.25) is 0 Å². The van der Waals surface area contributed by atoms with Crippen LogP contribution < -0.4 is 5.32 Å². The number of nitrogens with zero attached hydrogens (tertiary/aromatic N) is 2. The molecule has 3 aromatic rings. The minimum Gasteiger partial charge on any atom is -0.342 e. The topological polar surface area (TPSA) is 78.1 Å². The van der Waals surface area contributed by atoms with Crippen molar-refractivity contribution in [2.45, 2.75) is 32.6 Å². The molecule has 4 rings (SSSR count). The maximum Gasteiger partial charge on any atom is 0.321 e. The van der Waals surface area contributed by atoms with Gasteiger partial charge in [-0.25, -0.2) is 9.78 Å². The first-order chi connectivity index (χ1) is 13.5. The van der Waals surface area contributed by atoms with Gasteiger partial charge in [-0.2, -0.15) is 0 Å². The molecule has 6 heteroatoms. The number of amides is 2. The highest BCUT2D eigenvalue weighted by molar-refractivity contribution is 5.96. The first-order valence-electron chi connectivity index (χ1n) is 9.63. The van der Waals surface area contributed by atoms with E-state index in [0.29, 0.717) is 24.3 Å². The molecule has 1 aliphatic rings. The van der Waals surface area contributed by atoms with Crippen LogP contribution in [-0.4, -0.2) is 39.8 Å². The number of fused-ring (bicyclic) bond motifs is 1. The largest absolute Gasteiger partial charge is 0.342 e. The summed E-state index contributed by atoms with van der Waals surface area (Å²) in [7, 11) is 0. The summed E-state index contributed by atoms with van der Waals surface area (Å²) < 4.78 is 0. The number of nitrogens with one attached hydrogen (secondary N) is 2. The van der Waals surface area contributed by atoms with E-state index in [9.17, 15) is 9.59 Å². The SMILES string of the molecule is CC(=O)c1cccc(NC(=O)N2CCCC(c3nc4ccc(C)cc4[nH]3)C2)c1. The van der Waals surface area contributed by atoms with E-state index in [0.717, 1.165) is 29.7 Å². The third kappa shape index (κ3) is 3.76. The van der Waals surface area contributed by atoms with Crippen LogP contribution in [0.5, 0.6) is 0 Å². The van der Waals surface area contributed by atoms with Crippen LogP contribution in [0.1, 0.15) is 47.4 Å². The van der Waals surface area contributed by atoms with Crippen molar-refractivity contribution in [3.8, 4) is 0 Å². The molecular weight excluding hydrogens is 352 g/mol. The normalized spacial score (nSPS) is 16.9. The summed E-state index contributed by atoms with van der Waals surface area (Å²) in [6, 6.07) is 13.1. The lowest BCUT2D eigenvalue weighted by atomic mass is 9.97. The quantitative estimate of drug-likeness (QED) is 0.661. The van der Waals surface area contributed by atoms with E-state index in [2.05, 4.69) is 29.4 Å². The molecule has 1 unspecified atom stereocenters. The number of aromatic nitrogens is 2. The number of Topliss-reactive ketones (excluding diaryl/α,β-unsaturated/α-hetero) is 1. The van der Waals surface area contributed by atoms with E-state index in [-0.39, 0.29) is 17.7 Å². The highest BCUT2D eigenvalue weighted by atomic mass is 16.2. The molecule has 1 aliphatic heterocycles. The number of anilines is 1. The number of rotatable bonds is 3. The van der Waals surface area contributed by atoms with Gasteiger partial charge in [-0.1, -0.05) is 18.2 Å². The van der Waals surface area contributed by atoms with Gasteiger partial charge in [-0.05, 0) is 56.5 Å². The van der Waals surface area contributed by atoms with E-state index in [1.807, 2.05) is 11.0 Å². The zero-order chi connectivity index (χ0) is 19.7. The van der Waals surface area contributed by atoms with Crippen LogP contribution in [0.25, 0.3) is 11.0 Å². The van der Waals surface area contributed by atoms with Gasteiger partial charge in [-0.3, -0.25) is 4.79 Å². The predicted molar refractivity (Wildman–Crippen MR) is 110 cm³/mol. The minimum atomic E-state index is -0.141. The molecule has 1 saturated heterocycles. The number of piperidine rings is 1. The molecule has 6 nitrogen and oxygen atoms in total. The van der Waals surface area contributed by atoms with Crippen molar-refractivity contribution in [3.63, 3.8) is 0 Å². The monoisotopic (exact) mass is 376 g/mol. The van der Waals surface area contributed by atoms with Crippen molar-refractivity contribution in [2.24, 2.45) is 0 Å². The maximum atomic E-state index is 12.7. The van der Waals surface area contributed by atoms with E-state index < -0.39 is 0 Å². The molecule has 28 heavy (non-hydrogen) atoms. The van der Waals surface area contributed by atoms with Gasteiger partial charge in [0.2, 0.25) is 0 Å². The Balaban J connectivity index is 1.47. The lowest BCUT2D eigenvalue weighted by Crippen LogP contribution is -2.41. The van der Waals surface area contributed by atoms with Gasteiger partial charge in [0, 0.05) is 30.3 Å². The summed E-state index contributed by atoms with van der Waals surface area (Å²) in [4.78, 5) is 34.3. The number of likely N-dealkylation sites (tertiary alicyclic amines) is 1. The lowest BCUT2D eigenvalue weighted by Gasteiger charge is -2.31. The number of aryl methyl sites for hydroxylation is 1. The van der Waals surface area contributed by atoms with Crippen LogP contribution >= 0.6 is 0 Å². The number of carbonyl (C=O) groups is 2. The second-order valence-corrected chi connectivity index (χ2v) is 7.49. The summed E-state index contributed by atoms with van der Waals surface area (Å²) in [5.74, 6) is 1.11. The number of H-pyrrole nitrogens is 1. The molecule has 2 N–H and O–H groups in total. The Bertz CT molecular complexity index is 1040. The molecule has 2 amide bonds. The average Bonchev–Trinajstić information content (AvgIpc) is 3.11. The third-order valence-corrected chi connectivity index (χ3v) is 5.27. The predicted octanol–water partition coefficient (Wildman–Crippen LogP) is 4.49. The third-order valence-electron chi connectivity index (χ3n) is 5.27.